The molecule has 1 amide bonds. The molecule has 132 valence electrons. The summed E-state index contributed by atoms with van der Waals surface area (Å²) in [7, 11) is 0. The molecule has 2 fully saturated rings. The molecule has 5 heteroatoms. The quantitative estimate of drug-likeness (QED) is 0.781. The van der Waals surface area contributed by atoms with Crippen LogP contribution in [0.1, 0.15) is 65.7 Å². The Labute approximate surface area is 139 Å². The molecule has 1 heterocycles. The number of ether oxygens (including phenoxy) is 1. The molecule has 0 aromatic heterocycles. The van der Waals surface area contributed by atoms with Crippen molar-refractivity contribution in [1.29, 1.82) is 0 Å². The Hall–Kier alpha value is -1.10. The standard InChI is InChI=1S/C18H31NO4/c1-12(2)10-13(3)23-9-8-17(20)19-15-7-5-4-6-14(15)11-16(19)18(21)22/h12-16H,4-11H2,1-3H3,(H,21,22). The molecule has 23 heavy (non-hydrogen) atoms. The number of carbonyl (C=O) groups excluding carboxylic acids is 1. The van der Waals surface area contributed by atoms with Crippen LogP contribution >= 0.6 is 0 Å². The maximum atomic E-state index is 12.6. The molecule has 0 aromatic carbocycles. The number of fused-ring (bicyclic) bond motifs is 1. The normalized spacial score (nSPS) is 28.7. The van der Waals surface area contributed by atoms with Crippen LogP contribution in [-0.4, -0.2) is 46.7 Å². The average Bonchev–Trinajstić information content (AvgIpc) is 2.86. The van der Waals surface area contributed by atoms with Crippen molar-refractivity contribution in [2.75, 3.05) is 6.61 Å². The molecule has 1 aliphatic heterocycles. The number of hydrogen-bond acceptors (Lipinski definition) is 3. The molecule has 5 nitrogen and oxygen atoms in total. The van der Waals surface area contributed by atoms with Crippen LogP contribution in [-0.2, 0) is 14.3 Å². The van der Waals surface area contributed by atoms with Crippen LogP contribution in [0.3, 0.4) is 0 Å². The molecule has 4 unspecified atom stereocenters. The second-order valence-electron chi connectivity index (χ2n) is 7.56. The number of rotatable bonds is 7. The summed E-state index contributed by atoms with van der Waals surface area (Å²) in [5, 5.41) is 9.47. The van der Waals surface area contributed by atoms with Crippen molar-refractivity contribution in [3.63, 3.8) is 0 Å². The molecule has 1 saturated carbocycles. The summed E-state index contributed by atoms with van der Waals surface area (Å²) in [6, 6.07) is -0.505. The van der Waals surface area contributed by atoms with Gasteiger partial charge < -0.3 is 14.7 Å². The summed E-state index contributed by atoms with van der Waals surface area (Å²) >= 11 is 0. The molecule has 2 aliphatic rings. The van der Waals surface area contributed by atoms with Gasteiger partial charge in [-0.3, -0.25) is 4.79 Å². The lowest BCUT2D eigenvalue weighted by Crippen LogP contribution is -2.46. The first kappa shape index (κ1) is 18.2. The zero-order valence-corrected chi connectivity index (χ0v) is 14.7. The third kappa shape index (κ3) is 4.69. The minimum absolute atomic E-state index is 0.0523. The van der Waals surface area contributed by atoms with E-state index in [1.54, 1.807) is 4.90 Å². The highest BCUT2D eigenvalue weighted by atomic mass is 16.5. The summed E-state index contributed by atoms with van der Waals surface area (Å²) in [6.45, 7) is 6.70. The number of carbonyl (C=O) groups is 2. The van der Waals surface area contributed by atoms with E-state index in [9.17, 15) is 14.7 Å². The van der Waals surface area contributed by atoms with Gasteiger partial charge in [-0.2, -0.15) is 0 Å². The molecule has 0 radical (unpaired) electrons. The van der Waals surface area contributed by atoms with Crippen LogP contribution < -0.4 is 0 Å². The Morgan fingerprint density at radius 3 is 2.57 bits per heavy atom. The second-order valence-corrected chi connectivity index (χ2v) is 7.56. The van der Waals surface area contributed by atoms with Gasteiger partial charge in [0.15, 0.2) is 0 Å². The van der Waals surface area contributed by atoms with Crippen molar-refractivity contribution in [2.24, 2.45) is 11.8 Å². The predicted molar refractivity (Wildman–Crippen MR) is 88.1 cm³/mol. The van der Waals surface area contributed by atoms with Gasteiger partial charge in [0.2, 0.25) is 5.91 Å². The zero-order valence-electron chi connectivity index (χ0n) is 14.7. The minimum Gasteiger partial charge on any atom is -0.480 e. The summed E-state index contributed by atoms with van der Waals surface area (Å²) in [5.41, 5.74) is 0. The van der Waals surface area contributed by atoms with Crippen molar-refractivity contribution >= 4 is 11.9 Å². The molecule has 0 aromatic rings. The van der Waals surface area contributed by atoms with Crippen molar-refractivity contribution in [1.82, 2.24) is 4.90 Å². The largest absolute Gasteiger partial charge is 0.480 e. The van der Waals surface area contributed by atoms with Gasteiger partial charge in [-0.15, -0.1) is 0 Å². The number of aliphatic carboxylic acids is 1. The van der Waals surface area contributed by atoms with Crippen molar-refractivity contribution in [3.8, 4) is 0 Å². The summed E-state index contributed by atoms with van der Waals surface area (Å²) in [4.78, 5) is 25.8. The lowest BCUT2D eigenvalue weighted by Gasteiger charge is -2.33. The molecule has 2 rings (SSSR count). The Morgan fingerprint density at radius 2 is 1.91 bits per heavy atom. The Morgan fingerprint density at radius 1 is 1.22 bits per heavy atom. The lowest BCUT2D eigenvalue weighted by atomic mass is 9.84. The third-order valence-electron chi connectivity index (χ3n) is 5.18. The van der Waals surface area contributed by atoms with E-state index >= 15 is 0 Å². The molecule has 0 bridgehead atoms. The molecule has 1 aliphatic carbocycles. The molecule has 4 atom stereocenters. The topological polar surface area (TPSA) is 66.8 Å². The van der Waals surface area contributed by atoms with E-state index in [1.807, 2.05) is 6.92 Å². The van der Waals surface area contributed by atoms with Gasteiger partial charge in [0.1, 0.15) is 6.04 Å². The van der Waals surface area contributed by atoms with E-state index in [0.717, 1.165) is 32.1 Å². The predicted octanol–water partition coefficient (Wildman–Crippen LogP) is 3.07. The lowest BCUT2D eigenvalue weighted by molar-refractivity contribution is -0.150. The van der Waals surface area contributed by atoms with Crippen LogP contribution in [0, 0.1) is 11.8 Å². The molecular weight excluding hydrogens is 294 g/mol. The van der Waals surface area contributed by atoms with Gasteiger partial charge in [-0.1, -0.05) is 26.7 Å². The Balaban J connectivity index is 1.89. The fourth-order valence-corrected chi connectivity index (χ4v) is 4.25. The van der Waals surface area contributed by atoms with Crippen molar-refractivity contribution in [3.05, 3.63) is 0 Å². The van der Waals surface area contributed by atoms with Crippen LogP contribution in [0.4, 0.5) is 0 Å². The van der Waals surface area contributed by atoms with Gasteiger partial charge in [0.25, 0.3) is 0 Å². The number of nitrogens with zero attached hydrogens (tertiary/aromatic N) is 1. The third-order valence-corrected chi connectivity index (χ3v) is 5.18. The first-order valence-corrected chi connectivity index (χ1v) is 9.05. The molecule has 1 N–H and O–H groups in total. The van der Waals surface area contributed by atoms with Gasteiger partial charge in [-0.25, -0.2) is 4.79 Å². The molecule has 1 saturated heterocycles. The minimum atomic E-state index is -0.859. The van der Waals surface area contributed by atoms with Crippen molar-refractivity contribution in [2.45, 2.75) is 83.9 Å². The molecule has 0 spiro atoms. The number of hydrogen-bond donors (Lipinski definition) is 1. The number of carboxylic acids is 1. The number of carboxylic acid groups (broad SMARTS) is 1. The highest BCUT2D eigenvalue weighted by molar-refractivity contribution is 5.84. The highest BCUT2D eigenvalue weighted by Gasteiger charge is 2.47. The van der Waals surface area contributed by atoms with Crippen molar-refractivity contribution < 1.29 is 19.4 Å². The fraction of sp³-hybridized carbons (Fsp3) is 0.889. The van der Waals surface area contributed by atoms with Gasteiger partial charge >= 0.3 is 5.97 Å². The number of amides is 1. The van der Waals surface area contributed by atoms with Gasteiger partial charge in [0.05, 0.1) is 19.1 Å². The van der Waals surface area contributed by atoms with E-state index in [1.165, 1.54) is 0 Å². The van der Waals surface area contributed by atoms with Gasteiger partial charge in [0, 0.05) is 6.04 Å². The van der Waals surface area contributed by atoms with Crippen LogP contribution in [0.2, 0.25) is 0 Å². The maximum absolute atomic E-state index is 12.6. The van der Waals surface area contributed by atoms with E-state index in [-0.39, 0.29) is 24.5 Å². The number of likely N-dealkylation sites (tertiary alicyclic amines) is 1. The first-order valence-electron chi connectivity index (χ1n) is 9.05. The second kappa shape index (κ2) is 8.13. The maximum Gasteiger partial charge on any atom is 0.326 e. The van der Waals surface area contributed by atoms with E-state index in [0.29, 0.717) is 24.9 Å². The van der Waals surface area contributed by atoms with Crippen LogP contribution in [0.15, 0.2) is 0 Å². The van der Waals surface area contributed by atoms with E-state index in [2.05, 4.69) is 13.8 Å². The monoisotopic (exact) mass is 325 g/mol. The summed E-state index contributed by atoms with van der Waals surface area (Å²) < 4.78 is 5.72. The first-order chi connectivity index (χ1) is 10.9. The van der Waals surface area contributed by atoms with Crippen LogP contribution in [0.25, 0.3) is 0 Å². The SMILES string of the molecule is CC(C)CC(C)OCCC(=O)N1C(C(=O)O)CC2CCCCC21. The fourth-order valence-electron chi connectivity index (χ4n) is 4.25. The average molecular weight is 325 g/mol. The zero-order chi connectivity index (χ0) is 17.0. The Kier molecular flexibility index (Phi) is 6.45. The summed E-state index contributed by atoms with van der Waals surface area (Å²) in [6.07, 6.45) is 6.28. The van der Waals surface area contributed by atoms with E-state index < -0.39 is 12.0 Å². The smallest absolute Gasteiger partial charge is 0.326 e. The molecular formula is C18H31NO4. The van der Waals surface area contributed by atoms with Crippen LogP contribution in [0.5, 0.6) is 0 Å². The van der Waals surface area contributed by atoms with E-state index in [4.69, 9.17) is 4.74 Å². The highest BCUT2D eigenvalue weighted by Crippen LogP contribution is 2.40. The Bertz CT molecular complexity index is 423. The van der Waals surface area contributed by atoms with Gasteiger partial charge in [-0.05, 0) is 44.4 Å². The summed E-state index contributed by atoms with van der Waals surface area (Å²) in [5.74, 6) is 0.0265.